The molecule has 0 saturated heterocycles. The summed E-state index contributed by atoms with van der Waals surface area (Å²) in [6.45, 7) is 4.20. The zero-order valence-electron chi connectivity index (χ0n) is 23.0. The number of sulfonamides is 1. The number of hydrogen-bond donors (Lipinski definition) is 1. The first-order valence-corrected chi connectivity index (χ1v) is 15.9. The van der Waals surface area contributed by atoms with Gasteiger partial charge in [0, 0.05) is 11.1 Å². The summed E-state index contributed by atoms with van der Waals surface area (Å²) in [6, 6.07) is 16.5. The quantitative estimate of drug-likeness (QED) is 0.185. The number of benzene rings is 3. The van der Waals surface area contributed by atoms with Crippen LogP contribution in [-0.2, 0) is 21.3 Å². The minimum atomic E-state index is -3.55. The molecule has 0 atom stereocenters. The largest absolute Gasteiger partial charge is 0.515 e. The van der Waals surface area contributed by atoms with E-state index < -0.39 is 16.2 Å². The van der Waals surface area contributed by atoms with Gasteiger partial charge in [-0.3, -0.25) is 4.72 Å². The standard InChI is InChI=1S/C29H28N4O7S2/c1-3-5-12-42(35,36)32-20-8-10-24-21(15-20)27(19-7-11-25-26(14-19)39-17-38-25)28(40-29(34)37-4-2)33(24)16-18-6-9-22-23(13-18)31-41-30-22/h6-11,13-15,32H,3-5,12,16-17H2,1-2H3. The minimum Gasteiger partial charge on any atom is -0.454 e. The highest BCUT2D eigenvalue weighted by atomic mass is 32.2. The molecule has 0 unspecified atom stereocenters. The molecule has 0 saturated carbocycles. The first-order valence-electron chi connectivity index (χ1n) is 13.5. The van der Waals surface area contributed by atoms with Crippen LogP contribution < -0.4 is 18.9 Å². The van der Waals surface area contributed by atoms with E-state index in [2.05, 4.69) is 13.5 Å². The van der Waals surface area contributed by atoms with Crippen LogP contribution in [0.4, 0.5) is 10.5 Å². The van der Waals surface area contributed by atoms with Crippen LogP contribution in [0.3, 0.4) is 0 Å². The van der Waals surface area contributed by atoms with E-state index in [1.54, 1.807) is 25.1 Å². The molecule has 1 aliphatic heterocycles. The molecule has 0 bridgehead atoms. The van der Waals surface area contributed by atoms with Gasteiger partial charge in [0.1, 0.15) is 11.0 Å². The number of nitrogens with zero attached hydrogens (tertiary/aromatic N) is 3. The van der Waals surface area contributed by atoms with Gasteiger partial charge in [0.25, 0.3) is 0 Å². The molecule has 3 heterocycles. The Morgan fingerprint density at radius 1 is 1.02 bits per heavy atom. The van der Waals surface area contributed by atoms with Gasteiger partial charge in [-0.1, -0.05) is 25.5 Å². The molecule has 0 radical (unpaired) electrons. The number of anilines is 1. The second kappa shape index (κ2) is 11.5. The molecule has 0 aliphatic carbocycles. The maximum absolute atomic E-state index is 12.8. The summed E-state index contributed by atoms with van der Waals surface area (Å²) in [5.41, 5.74) is 4.84. The van der Waals surface area contributed by atoms with E-state index >= 15 is 0 Å². The van der Waals surface area contributed by atoms with E-state index in [0.717, 1.165) is 40.3 Å². The average molecular weight is 609 g/mol. The first kappa shape index (κ1) is 27.8. The molecular weight excluding hydrogens is 580 g/mol. The highest BCUT2D eigenvalue weighted by molar-refractivity contribution is 7.92. The summed E-state index contributed by atoms with van der Waals surface area (Å²) in [4.78, 5) is 12.7. The van der Waals surface area contributed by atoms with Crippen LogP contribution in [0.1, 0.15) is 32.3 Å². The molecular formula is C29H28N4O7S2. The van der Waals surface area contributed by atoms with Crippen molar-refractivity contribution in [2.75, 3.05) is 23.9 Å². The number of fused-ring (bicyclic) bond motifs is 3. The molecule has 1 N–H and O–H groups in total. The second-order valence-corrected chi connectivity index (χ2v) is 12.1. The van der Waals surface area contributed by atoms with Crippen LogP contribution in [-0.4, -0.2) is 47.0 Å². The van der Waals surface area contributed by atoms with Crippen LogP contribution in [0.15, 0.2) is 54.6 Å². The van der Waals surface area contributed by atoms with Crippen molar-refractivity contribution >= 4 is 55.5 Å². The van der Waals surface area contributed by atoms with E-state index in [9.17, 15) is 13.2 Å². The minimum absolute atomic E-state index is 0.0166. The second-order valence-electron chi connectivity index (χ2n) is 9.71. The molecule has 13 heteroatoms. The van der Waals surface area contributed by atoms with E-state index in [0.29, 0.717) is 46.7 Å². The van der Waals surface area contributed by atoms with E-state index in [4.69, 9.17) is 18.9 Å². The maximum Gasteiger partial charge on any atom is 0.515 e. The summed E-state index contributed by atoms with van der Waals surface area (Å²) in [7, 11) is -3.55. The Morgan fingerprint density at radius 3 is 2.69 bits per heavy atom. The van der Waals surface area contributed by atoms with Gasteiger partial charge in [0.05, 0.1) is 41.7 Å². The molecule has 42 heavy (non-hydrogen) atoms. The van der Waals surface area contributed by atoms with Crippen LogP contribution in [0.5, 0.6) is 17.4 Å². The lowest BCUT2D eigenvalue weighted by molar-refractivity contribution is 0.101. The number of carbonyl (C=O) groups is 1. The molecule has 218 valence electrons. The normalized spacial score (nSPS) is 12.6. The van der Waals surface area contributed by atoms with Gasteiger partial charge in [0.15, 0.2) is 11.5 Å². The third-order valence-corrected chi connectivity index (χ3v) is 8.75. The predicted octanol–water partition coefficient (Wildman–Crippen LogP) is 6.17. The van der Waals surface area contributed by atoms with Crippen LogP contribution in [0.2, 0.25) is 0 Å². The molecule has 1 aliphatic rings. The average Bonchev–Trinajstić information content (AvgIpc) is 3.69. The Hall–Kier alpha value is -4.36. The van der Waals surface area contributed by atoms with Crippen LogP contribution in [0.25, 0.3) is 33.1 Å². The third-order valence-electron chi connectivity index (χ3n) is 6.82. The summed E-state index contributed by atoms with van der Waals surface area (Å²) in [5, 5.41) is 0.667. The number of unbranched alkanes of at least 4 members (excludes halogenated alkanes) is 1. The van der Waals surface area contributed by atoms with E-state index in [-0.39, 0.29) is 25.0 Å². The lowest BCUT2D eigenvalue weighted by Gasteiger charge is -2.13. The van der Waals surface area contributed by atoms with Crippen molar-refractivity contribution in [2.24, 2.45) is 0 Å². The molecule has 6 rings (SSSR count). The lowest BCUT2D eigenvalue weighted by atomic mass is 10.0. The van der Waals surface area contributed by atoms with Crippen LogP contribution in [0, 0.1) is 0 Å². The fraction of sp³-hybridized carbons (Fsp3) is 0.276. The zero-order chi connectivity index (χ0) is 29.3. The summed E-state index contributed by atoms with van der Waals surface area (Å²) in [5.74, 6) is 1.41. The fourth-order valence-corrected chi connectivity index (χ4v) is 6.66. The number of rotatable bonds is 10. The zero-order valence-corrected chi connectivity index (χ0v) is 24.6. The van der Waals surface area contributed by atoms with Gasteiger partial charge in [-0.2, -0.15) is 8.75 Å². The Bertz CT molecular complexity index is 1900. The van der Waals surface area contributed by atoms with Crippen molar-refractivity contribution < 1.29 is 32.2 Å². The number of ether oxygens (including phenoxy) is 4. The third kappa shape index (κ3) is 5.57. The number of carbonyl (C=O) groups excluding carboxylic acids is 1. The highest BCUT2D eigenvalue weighted by Gasteiger charge is 2.26. The Morgan fingerprint density at radius 2 is 1.86 bits per heavy atom. The van der Waals surface area contributed by atoms with Crippen molar-refractivity contribution in [1.82, 2.24) is 13.3 Å². The van der Waals surface area contributed by atoms with Crippen molar-refractivity contribution in [3.05, 3.63) is 60.2 Å². The van der Waals surface area contributed by atoms with Crippen molar-refractivity contribution in [3.8, 4) is 28.5 Å². The Kier molecular flexibility index (Phi) is 7.60. The summed E-state index contributed by atoms with van der Waals surface area (Å²) in [6.07, 6.45) is 0.449. The smallest absolute Gasteiger partial charge is 0.454 e. The Balaban J connectivity index is 1.54. The first-order chi connectivity index (χ1) is 20.3. The predicted molar refractivity (Wildman–Crippen MR) is 160 cm³/mol. The van der Waals surface area contributed by atoms with Gasteiger partial charge in [-0.25, -0.2) is 13.2 Å². The van der Waals surface area contributed by atoms with Gasteiger partial charge in [-0.05, 0) is 66.9 Å². The van der Waals surface area contributed by atoms with Crippen molar-refractivity contribution in [3.63, 3.8) is 0 Å². The van der Waals surface area contributed by atoms with Gasteiger partial charge < -0.3 is 23.5 Å². The fourth-order valence-electron chi connectivity index (χ4n) is 4.89. The number of aromatic nitrogens is 3. The van der Waals surface area contributed by atoms with Gasteiger partial charge in [0.2, 0.25) is 22.7 Å². The molecule has 0 amide bonds. The number of nitrogens with one attached hydrogen (secondary N) is 1. The topological polar surface area (TPSA) is 131 Å². The SMILES string of the molecule is CCCCS(=O)(=O)Nc1ccc2c(c1)c(-c1ccc3c(c1)OCO3)c(OC(=O)OCC)n2Cc1ccc2nsnc2c1. The Labute approximate surface area is 246 Å². The molecule has 3 aromatic carbocycles. The van der Waals surface area contributed by atoms with E-state index in [1.807, 2.05) is 47.9 Å². The molecule has 2 aromatic heterocycles. The van der Waals surface area contributed by atoms with Crippen molar-refractivity contribution in [2.45, 2.75) is 33.2 Å². The van der Waals surface area contributed by atoms with Crippen LogP contribution >= 0.6 is 11.7 Å². The highest BCUT2D eigenvalue weighted by Crippen LogP contribution is 2.45. The molecule has 0 spiro atoms. The molecule has 11 nitrogen and oxygen atoms in total. The molecule has 0 fully saturated rings. The summed E-state index contributed by atoms with van der Waals surface area (Å²) >= 11 is 1.14. The van der Waals surface area contributed by atoms with Crippen molar-refractivity contribution in [1.29, 1.82) is 0 Å². The van der Waals surface area contributed by atoms with Gasteiger partial charge >= 0.3 is 6.16 Å². The maximum atomic E-state index is 12.8. The summed E-state index contributed by atoms with van der Waals surface area (Å²) < 4.78 is 60.9. The van der Waals surface area contributed by atoms with E-state index in [1.165, 1.54) is 0 Å². The van der Waals surface area contributed by atoms with Gasteiger partial charge in [-0.15, -0.1) is 0 Å². The number of hydrogen-bond acceptors (Lipinski definition) is 10. The molecule has 5 aromatic rings. The lowest BCUT2D eigenvalue weighted by Crippen LogP contribution is -2.16. The monoisotopic (exact) mass is 608 g/mol.